The Hall–Kier alpha value is -1.95. The first-order chi connectivity index (χ1) is 11.2. The number of rotatable bonds is 7. The third-order valence-corrected chi connectivity index (χ3v) is 3.76. The van der Waals surface area contributed by atoms with Crippen molar-refractivity contribution < 1.29 is 28.2 Å². The highest BCUT2D eigenvalue weighted by molar-refractivity contribution is 6.30. The Bertz CT molecular complexity index is 624. The van der Waals surface area contributed by atoms with Gasteiger partial charge in [0.2, 0.25) is 5.92 Å². The van der Waals surface area contributed by atoms with Gasteiger partial charge in [0.05, 0.1) is 18.6 Å². The van der Waals surface area contributed by atoms with Crippen molar-refractivity contribution in [2.75, 3.05) is 13.2 Å². The molecule has 7 heteroatoms. The van der Waals surface area contributed by atoms with E-state index in [-0.39, 0.29) is 23.8 Å². The van der Waals surface area contributed by atoms with Gasteiger partial charge in [0.15, 0.2) is 5.78 Å². The lowest BCUT2D eigenvalue weighted by Gasteiger charge is -2.27. The van der Waals surface area contributed by atoms with Gasteiger partial charge in [-0.2, -0.15) is 0 Å². The third kappa shape index (κ3) is 4.32. The van der Waals surface area contributed by atoms with Crippen molar-refractivity contribution in [1.29, 1.82) is 0 Å². The summed E-state index contributed by atoms with van der Waals surface area (Å²) in [6.45, 7) is 5.94. The van der Waals surface area contributed by atoms with Crippen LogP contribution in [0.5, 0.6) is 0 Å². The van der Waals surface area contributed by atoms with Gasteiger partial charge < -0.3 is 9.47 Å². The lowest BCUT2D eigenvalue weighted by molar-refractivity contribution is -0.165. The minimum atomic E-state index is -1.77. The molecule has 1 aromatic rings. The van der Waals surface area contributed by atoms with Crippen molar-refractivity contribution >= 4 is 29.3 Å². The van der Waals surface area contributed by atoms with Crippen molar-refractivity contribution in [3.63, 3.8) is 0 Å². The molecule has 0 amide bonds. The van der Waals surface area contributed by atoms with Gasteiger partial charge in [-0.1, -0.05) is 17.7 Å². The number of carbonyl (C=O) groups excluding carboxylic acids is 3. The van der Waals surface area contributed by atoms with E-state index in [1.165, 1.54) is 26.0 Å². The second-order valence-electron chi connectivity index (χ2n) is 5.55. The van der Waals surface area contributed by atoms with E-state index in [9.17, 15) is 18.8 Å². The summed E-state index contributed by atoms with van der Waals surface area (Å²) in [6, 6.07) is 3.84. The standard InChI is InChI=1S/C17H20ClFO5/c1-5-23-15(21)13(16(22)24-6-2)14(20)17(3,4)11-8-7-10(18)9-12(11)19/h7-9,13H,5-6H2,1-4H3. The molecule has 1 rings (SSSR count). The van der Waals surface area contributed by atoms with Gasteiger partial charge in [-0.15, -0.1) is 0 Å². The quantitative estimate of drug-likeness (QED) is 0.553. The number of benzene rings is 1. The van der Waals surface area contributed by atoms with Crippen molar-refractivity contribution in [2.45, 2.75) is 33.1 Å². The molecule has 0 aliphatic rings. The minimum absolute atomic E-state index is 0.00223. The van der Waals surface area contributed by atoms with Crippen LogP contribution in [0, 0.1) is 11.7 Å². The number of carbonyl (C=O) groups is 3. The topological polar surface area (TPSA) is 69.7 Å². The fourth-order valence-electron chi connectivity index (χ4n) is 2.25. The van der Waals surface area contributed by atoms with E-state index >= 15 is 0 Å². The maximum absolute atomic E-state index is 14.2. The van der Waals surface area contributed by atoms with Gasteiger partial charge in [0, 0.05) is 10.6 Å². The first kappa shape index (κ1) is 20.1. The Balaban J connectivity index is 3.28. The number of hydrogen-bond donors (Lipinski definition) is 0. The van der Waals surface area contributed by atoms with Crippen LogP contribution in [0.4, 0.5) is 4.39 Å². The van der Waals surface area contributed by atoms with Gasteiger partial charge in [-0.05, 0) is 39.8 Å². The van der Waals surface area contributed by atoms with E-state index in [2.05, 4.69) is 0 Å². The first-order valence-electron chi connectivity index (χ1n) is 7.49. The predicted molar refractivity (Wildman–Crippen MR) is 86.2 cm³/mol. The molecule has 132 valence electrons. The summed E-state index contributed by atoms with van der Waals surface area (Å²) in [5.74, 6) is -5.30. The Morgan fingerprint density at radius 3 is 2.04 bits per heavy atom. The zero-order valence-electron chi connectivity index (χ0n) is 14.0. The van der Waals surface area contributed by atoms with Gasteiger partial charge in [0.1, 0.15) is 5.82 Å². The molecule has 0 unspecified atom stereocenters. The molecular formula is C17H20ClFO5. The first-order valence-corrected chi connectivity index (χ1v) is 7.87. The highest BCUT2D eigenvalue weighted by Gasteiger charge is 2.45. The molecule has 0 saturated heterocycles. The van der Waals surface area contributed by atoms with Gasteiger partial charge in [-0.25, -0.2) is 4.39 Å². The fraction of sp³-hybridized carbons (Fsp3) is 0.471. The summed E-state index contributed by atoms with van der Waals surface area (Å²) in [5, 5.41) is 0.173. The van der Waals surface area contributed by atoms with E-state index in [0.29, 0.717) is 0 Å². The fourth-order valence-corrected chi connectivity index (χ4v) is 2.41. The summed E-state index contributed by atoms with van der Waals surface area (Å²) in [6.07, 6.45) is 0. The normalized spacial score (nSPS) is 11.3. The second-order valence-corrected chi connectivity index (χ2v) is 5.99. The number of Topliss-reactive ketones (excluding diaryl/α,β-unsaturated/α-hetero) is 1. The SMILES string of the molecule is CCOC(=O)C(C(=O)OCC)C(=O)C(C)(C)c1ccc(Cl)cc1F. The molecule has 0 N–H and O–H groups in total. The van der Waals surface area contributed by atoms with E-state index in [0.717, 1.165) is 6.07 Å². The molecule has 0 spiro atoms. The molecule has 0 radical (unpaired) electrons. The van der Waals surface area contributed by atoms with Crippen LogP contribution in [-0.4, -0.2) is 30.9 Å². The zero-order valence-corrected chi connectivity index (χ0v) is 14.8. The zero-order chi connectivity index (χ0) is 18.5. The van der Waals surface area contributed by atoms with Gasteiger partial charge in [0.25, 0.3) is 0 Å². The number of halogens is 2. The highest BCUT2D eigenvalue weighted by atomic mass is 35.5. The molecule has 1 aromatic carbocycles. The van der Waals surface area contributed by atoms with Crippen molar-refractivity contribution in [3.05, 3.63) is 34.6 Å². The molecule has 0 bridgehead atoms. The molecule has 24 heavy (non-hydrogen) atoms. The van der Waals surface area contributed by atoms with Crippen LogP contribution in [0.1, 0.15) is 33.3 Å². The number of esters is 2. The molecule has 0 aliphatic carbocycles. The Morgan fingerprint density at radius 2 is 1.62 bits per heavy atom. The minimum Gasteiger partial charge on any atom is -0.465 e. The third-order valence-electron chi connectivity index (χ3n) is 3.53. The Labute approximate surface area is 145 Å². The molecule has 5 nitrogen and oxygen atoms in total. The van der Waals surface area contributed by atoms with Crippen LogP contribution >= 0.6 is 11.6 Å². The summed E-state index contributed by atoms with van der Waals surface area (Å²) in [5.41, 5.74) is -1.44. The maximum Gasteiger partial charge on any atom is 0.328 e. The number of hydrogen-bond acceptors (Lipinski definition) is 5. The maximum atomic E-state index is 14.2. The van der Waals surface area contributed by atoms with Gasteiger partial charge in [-0.3, -0.25) is 14.4 Å². The van der Waals surface area contributed by atoms with E-state index < -0.39 is 34.9 Å². The number of ether oxygens (including phenoxy) is 2. The molecule has 0 aliphatic heterocycles. The molecule has 0 saturated carbocycles. The monoisotopic (exact) mass is 358 g/mol. The molecule has 0 atom stereocenters. The molecular weight excluding hydrogens is 339 g/mol. The largest absolute Gasteiger partial charge is 0.465 e. The smallest absolute Gasteiger partial charge is 0.328 e. The molecule has 0 aromatic heterocycles. The summed E-state index contributed by atoms with van der Waals surface area (Å²) in [7, 11) is 0. The molecule has 0 heterocycles. The Morgan fingerprint density at radius 1 is 1.12 bits per heavy atom. The molecule has 0 fully saturated rings. The van der Waals surface area contributed by atoms with Crippen LogP contribution in [0.3, 0.4) is 0 Å². The van der Waals surface area contributed by atoms with Crippen molar-refractivity contribution in [3.8, 4) is 0 Å². The van der Waals surface area contributed by atoms with Crippen LogP contribution in [0.25, 0.3) is 0 Å². The average molecular weight is 359 g/mol. The Kier molecular flexibility index (Phi) is 6.90. The second kappa shape index (κ2) is 8.24. The lowest BCUT2D eigenvalue weighted by atomic mass is 9.75. The van der Waals surface area contributed by atoms with Crippen LogP contribution in [0.15, 0.2) is 18.2 Å². The highest BCUT2D eigenvalue weighted by Crippen LogP contribution is 2.31. The van der Waals surface area contributed by atoms with Crippen molar-refractivity contribution in [1.82, 2.24) is 0 Å². The van der Waals surface area contributed by atoms with Gasteiger partial charge >= 0.3 is 11.9 Å². The van der Waals surface area contributed by atoms with Crippen LogP contribution in [-0.2, 0) is 29.3 Å². The predicted octanol–water partition coefficient (Wildman–Crippen LogP) is 3.07. The number of ketones is 1. The van der Waals surface area contributed by atoms with Crippen LogP contribution in [0.2, 0.25) is 5.02 Å². The summed E-state index contributed by atoms with van der Waals surface area (Å²) >= 11 is 5.72. The summed E-state index contributed by atoms with van der Waals surface area (Å²) in [4.78, 5) is 37.0. The summed E-state index contributed by atoms with van der Waals surface area (Å²) < 4.78 is 23.8. The van der Waals surface area contributed by atoms with E-state index in [1.807, 2.05) is 0 Å². The van der Waals surface area contributed by atoms with Crippen molar-refractivity contribution in [2.24, 2.45) is 5.92 Å². The van der Waals surface area contributed by atoms with E-state index in [4.69, 9.17) is 21.1 Å². The lowest BCUT2D eigenvalue weighted by Crippen LogP contribution is -2.44. The van der Waals surface area contributed by atoms with E-state index in [1.54, 1.807) is 13.8 Å². The van der Waals surface area contributed by atoms with Crippen LogP contribution < -0.4 is 0 Å². The average Bonchev–Trinajstić information content (AvgIpc) is 2.47.